The predicted molar refractivity (Wildman–Crippen MR) is 73.6 cm³/mol. The number of nitrogens with zero attached hydrogens (tertiary/aromatic N) is 1. The first-order valence-electron chi connectivity index (χ1n) is 6.25. The predicted octanol–water partition coefficient (Wildman–Crippen LogP) is 0.863. The number of piperazine rings is 1. The minimum Gasteiger partial charge on any atom is -0.352 e. The van der Waals surface area contributed by atoms with E-state index in [4.69, 9.17) is 0 Å². The largest absolute Gasteiger partial charge is 0.352 e. The van der Waals surface area contributed by atoms with Gasteiger partial charge in [-0.05, 0) is 19.8 Å². The van der Waals surface area contributed by atoms with Gasteiger partial charge in [-0.15, -0.1) is 12.4 Å². The molecule has 0 saturated carbocycles. The summed E-state index contributed by atoms with van der Waals surface area (Å²) in [4.78, 5) is 14.0. The Balaban J connectivity index is 0.00000256. The highest BCUT2D eigenvalue weighted by Gasteiger charge is 2.21. The molecule has 1 aliphatic rings. The van der Waals surface area contributed by atoms with Crippen LogP contribution < -0.4 is 10.6 Å². The van der Waals surface area contributed by atoms with E-state index in [9.17, 15) is 4.79 Å². The smallest absolute Gasteiger partial charge is 0.234 e. The van der Waals surface area contributed by atoms with Crippen molar-refractivity contribution in [1.82, 2.24) is 15.5 Å². The number of halogens is 1. The minimum absolute atomic E-state index is 0. The summed E-state index contributed by atoms with van der Waals surface area (Å²) in [7, 11) is 0. The van der Waals surface area contributed by atoms with Crippen molar-refractivity contribution >= 4 is 18.3 Å². The van der Waals surface area contributed by atoms with Crippen molar-refractivity contribution in [2.24, 2.45) is 5.92 Å². The van der Waals surface area contributed by atoms with Crippen molar-refractivity contribution in [3.05, 3.63) is 0 Å². The maximum absolute atomic E-state index is 11.8. The third-order valence-corrected chi connectivity index (χ3v) is 3.37. The summed E-state index contributed by atoms with van der Waals surface area (Å²) in [5.74, 6) is 0.638. The van der Waals surface area contributed by atoms with Crippen LogP contribution >= 0.6 is 12.4 Å². The molecule has 2 N–H and O–H groups in total. The number of carbonyl (C=O) groups is 1. The van der Waals surface area contributed by atoms with Gasteiger partial charge in [-0.1, -0.05) is 13.8 Å². The van der Waals surface area contributed by atoms with Gasteiger partial charge in [-0.2, -0.15) is 0 Å². The van der Waals surface area contributed by atoms with Gasteiger partial charge >= 0.3 is 0 Å². The van der Waals surface area contributed by atoms with E-state index in [1.54, 1.807) is 0 Å². The van der Waals surface area contributed by atoms with Crippen molar-refractivity contribution < 1.29 is 4.79 Å². The van der Waals surface area contributed by atoms with Crippen molar-refractivity contribution in [1.29, 1.82) is 0 Å². The second-order valence-corrected chi connectivity index (χ2v) is 5.12. The summed E-state index contributed by atoms with van der Waals surface area (Å²) in [5, 5.41) is 6.37. The van der Waals surface area contributed by atoms with Crippen LogP contribution in [0, 0.1) is 5.92 Å². The second kappa shape index (κ2) is 7.90. The van der Waals surface area contributed by atoms with Crippen LogP contribution in [0.1, 0.15) is 27.7 Å². The average Bonchev–Trinajstić information content (AvgIpc) is 2.21. The molecule has 0 aromatic rings. The van der Waals surface area contributed by atoms with Crippen LogP contribution in [0.15, 0.2) is 0 Å². The normalized spacial score (nSPS) is 23.0. The molecule has 0 bridgehead atoms. The highest BCUT2D eigenvalue weighted by Crippen LogP contribution is 2.03. The number of hydrogen-bond donors (Lipinski definition) is 2. The van der Waals surface area contributed by atoms with E-state index in [1.165, 1.54) is 0 Å². The zero-order valence-corrected chi connectivity index (χ0v) is 12.1. The van der Waals surface area contributed by atoms with Crippen molar-refractivity contribution in [2.75, 3.05) is 26.2 Å². The van der Waals surface area contributed by atoms with Gasteiger partial charge in [0.15, 0.2) is 0 Å². The number of nitrogens with one attached hydrogen (secondary N) is 2. The number of rotatable bonds is 4. The third-order valence-electron chi connectivity index (χ3n) is 3.37. The fraction of sp³-hybridized carbons (Fsp3) is 0.917. The van der Waals surface area contributed by atoms with Crippen molar-refractivity contribution in [2.45, 2.75) is 39.8 Å². The number of hydrogen-bond acceptors (Lipinski definition) is 3. The van der Waals surface area contributed by atoms with Gasteiger partial charge in [0.25, 0.3) is 0 Å². The average molecular weight is 264 g/mol. The lowest BCUT2D eigenvalue weighted by Gasteiger charge is -2.33. The SMILES string of the molecule is CC(C)C(C)NC(=O)CN1CCNCC1C.Cl. The first-order valence-corrected chi connectivity index (χ1v) is 6.25. The standard InChI is InChI=1S/C12H25N3O.ClH/c1-9(2)11(4)14-12(16)8-15-6-5-13-7-10(15)3;/h9-11,13H,5-8H2,1-4H3,(H,14,16);1H. The third kappa shape index (κ3) is 5.70. The van der Waals surface area contributed by atoms with Crippen molar-refractivity contribution in [3.63, 3.8) is 0 Å². The molecule has 17 heavy (non-hydrogen) atoms. The molecule has 0 radical (unpaired) electrons. The molecule has 1 rings (SSSR count). The highest BCUT2D eigenvalue weighted by molar-refractivity contribution is 5.85. The number of amides is 1. The lowest BCUT2D eigenvalue weighted by atomic mass is 10.1. The van der Waals surface area contributed by atoms with Gasteiger partial charge in [0.2, 0.25) is 5.91 Å². The summed E-state index contributed by atoms with van der Waals surface area (Å²) >= 11 is 0. The van der Waals surface area contributed by atoms with Crippen LogP contribution in [0.5, 0.6) is 0 Å². The first-order chi connectivity index (χ1) is 7.50. The summed E-state index contributed by atoms with van der Waals surface area (Å²) < 4.78 is 0. The molecular formula is C12H26ClN3O. The molecule has 4 nitrogen and oxygen atoms in total. The van der Waals surface area contributed by atoms with Gasteiger partial charge in [-0.25, -0.2) is 0 Å². The first kappa shape index (κ1) is 16.7. The van der Waals surface area contributed by atoms with E-state index in [-0.39, 0.29) is 24.4 Å². The van der Waals surface area contributed by atoms with E-state index in [0.717, 1.165) is 19.6 Å². The molecule has 2 atom stereocenters. The van der Waals surface area contributed by atoms with Crippen LogP contribution in [0.3, 0.4) is 0 Å². The van der Waals surface area contributed by atoms with Crippen LogP contribution in [0.4, 0.5) is 0 Å². The molecule has 5 heteroatoms. The van der Waals surface area contributed by atoms with E-state index in [0.29, 0.717) is 18.5 Å². The van der Waals surface area contributed by atoms with Gasteiger partial charge in [0.1, 0.15) is 0 Å². The molecule has 0 spiro atoms. The molecule has 1 amide bonds. The summed E-state index contributed by atoms with van der Waals surface area (Å²) in [6, 6.07) is 0.708. The van der Waals surface area contributed by atoms with Gasteiger partial charge < -0.3 is 10.6 Å². The minimum atomic E-state index is 0. The van der Waals surface area contributed by atoms with Crippen LogP contribution in [-0.2, 0) is 4.79 Å². The van der Waals surface area contributed by atoms with Crippen LogP contribution in [-0.4, -0.2) is 49.1 Å². The van der Waals surface area contributed by atoms with E-state index in [1.807, 2.05) is 0 Å². The molecule has 0 aromatic heterocycles. The molecule has 1 fully saturated rings. The topological polar surface area (TPSA) is 44.4 Å². The summed E-state index contributed by atoms with van der Waals surface area (Å²) in [5.41, 5.74) is 0. The maximum atomic E-state index is 11.8. The molecule has 1 saturated heterocycles. The zero-order chi connectivity index (χ0) is 12.1. The Kier molecular flexibility index (Phi) is 7.75. The summed E-state index contributed by atoms with van der Waals surface area (Å²) in [6.45, 7) is 11.9. The quantitative estimate of drug-likeness (QED) is 0.791. The lowest BCUT2D eigenvalue weighted by Crippen LogP contribution is -2.53. The Labute approximate surface area is 111 Å². The Bertz CT molecular complexity index is 236. The molecule has 102 valence electrons. The number of carbonyl (C=O) groups excluding carboxylic acids is 1. The molecule has 1 heterocycles. The lowest BCUT2D eigenvalue weighted by molar-refractivity contribution is -0.123. The van der Waals surface area contributed by atoms with Gasteiger partial charge in [-0.3, -0.25) is 9.69 Å². The monoisotopic (exact) mass is 263 g/mol. The molecular weight excluding hydrogens is 238 g/mol. The van der Waals surface area contributed by atoms with E-state index >= 15 is 0 Å². The fourth-order valence-electron chi connectivity index (χ4n) is 1.77. The summed E-state index contributed by atoms with van der Waals surface area (Å²) in [6.07, 6.45) is 0. The van der Waals surface area contributed by atoms with Crippen molar-refractivity contribution in [3.8, 4) is 0 Å². The molecule has 1 aliphatic heterocycles. The van der Waals surface area contributed by atoms with Crippen LogP contribution in [0.2, 0.25) is 0 Å². The second-order valence-electron chi connectivity index (χ2n) is 5.12. The fourth-order valence-corrected chi connectivity index (χ4v) is 1.77. The van der Waals surface area contributed by atoms with Gasteiger partial charge in [0.05, 0.1) is 6.54 Å². The van der Waals surface area contributed by atoms with Gasteiger partial charge in [0, 0.05) is 31.7 Å². The van der Waals surface area contributed by atoms with E-state index < -0.39 is 0 Å². The zero-order valence-electron chi connectivity index (χ0n) is 11.3. The Morgan fingerprint density at radius 3 is 2.65 bits per heavy atom. The Hall–Kier alpha value is -0.320. The molecule has 0 aliphatic carbocycles. The Morgan fingerprint density at radius 1 is 1.47 bits per heavy atom. The highest BCUT2D eigenvalue weighted by atomic mass is 35.5. The van der Waals surface area contributed by atoms with Crippen LogP contribution in [0.25, 0.3) is 0 Å². The maximum Gasteiger partial charge on any atom is 0.234 e. The molecule has 0 aromatic carbocycles. The van der Waals surface area contributed by atoms with E-state index in [2.05, 4.69) is 43.2 Å². The Morgan fingerprint density at radius 2 is 2.12 bits per heavy atom. The molecule has 2 unspecified atom stereocenters.